The lowest BCUT2D eigenvalue weighted by Crippen LogP contribution is -2.50. The molecule has 1 unspecified atom stereocenters. The molecule has 5 heteroatoms. The van der Waals surface area contributed by atoms with E-state index in [2.05, 4.69) is 45.9 Å². The van der Waals surface area contributed by atoms with Crippen LogP contribution in [-0.2, 0) is 6.54 Å². The quantitative estimate of drug-likeness (QED) is 0.810. The Hall–Kier alpha value is -2.11. The lowest BCUT2D eigenvalue weighted by atomic mass is 10.1. The molecule has 4 nitrogen and oxygen atoms in total. The van der Waals surface area contributed by atoms with Gasteiger partial charge < -0.3 is 15.4 Å². The zero-order chi connectivity index (χ0) is 17.5. The van der Waals surface area contributed by atoms with Crippen molar-refractivity contribution < 1.29 is 9.13 Å². The van der Waals surface area contributed by atoms with Crippen LogP contribution < -0.4 is 15.4 Å². The lowest BCUT2D eigenvalue weighted by Gasteiger charge is -2.34. The van der Waals surface area contributed by atoms with Crippen molar-refractivity contribution in [3.05, 3.63) is 59.9 Å². The Bertz CT molecular complexity index is 665. The molecule has 1 atom stereocenters. The van der Waals surface area contributed by atoms with Crippen molar-refractivity contribution in [1.29, 1.82) is 0 Å². The van der Waals surface area contributed by atoms with Crippen LogP contribution in [0.25, 0.3) is 0 Å². The molecule has 2 N–H and O–H groups in total. The van der Waals surface area contributed by atoms with Crippen LogP contribution in [0, 0.1) is 5.82 Å². The minimum Gasteiger partial charge on any atom is -0.494 e. The molecule has 25 heavy (non-hydrogen) atoms. The highest BCUT2D eigenvalue weighted by atomic mass is 19.1. The topological polar surface area (TPSA) is 36.5 Å². The summed E-state index contributed by atoms with van der Waals surface area (Å²) < 4.78 is 18.5. The van der Waals surface area contributed by atoms with Gasteiger partial charge in [0, 0.05) is 44.8 Å². The van der Waals surface area contributed by atoms with Gasteiger partial charge in [0.15, 0.2) is 0 Å². The van der Waals surface area contributed by atoms with Crippen LogP contribution in [0.3, 0.4) is 0 Å². The second-order valence-corrected chi connectivity index (χ2v) is 6.43. The molecule has 1 fully saturated rings. The maximum Gasteiger partial charge on any atom is 0.144 e. The van der Waals surface area contributed by atoms with E-state index in [1.807, 2.05) is 0 Å². The van der Waals surface area contributed by atoms with E-state index in [1.54, 1.807) is 13.2 Å². The number of hydrogen-bond acceptors (Lipinski definition) is 4. The highest BCUT2D eigenvalue weighted by molar-refractivity contribution is 5.56. The molecule has 0 spiro atoms. The number of ether oxygens (including phenoxy) is 1. The van der Waals surface area contributed by atoms with Crippen molar-refractivity contribution in [2.24, 2.45) is 0 Å². The van der Waals surface area contributed by atoms with E-state index in [-0.39, 0.29) is 5.82 Å². The van der Waals surface area contributed by atoms with Gasteiger partial charge in [0.05, 0.1) is 12.8 Å². The Kier molecular flexibility index (Phi) is 6.25. The van der Waals surface area contributed by atoms with Gasteiger partial charge in [0.1, 0.15) is 11.6 Å². The third-order valence-electron chi connectivity index (χ3n) is 4.56. The number of anilines is 1. The molecule has 1 saturated heterocycles. The third kappa shape index (κ3) is 5.18. The molecule has 0 aliphatic carbocycles. The number of methoxy groups -OCH3 is 1. The summed E-state index contributed by atoms with van der Waals surface area (Å²) in [6.07, 6.45) is 1.01. The number of piperazine rings is 1. The molecule has 0 radical (unpaired) electrons. The summed E-state index contributed by atoms with van der Waals surface area (Å²) in [7, 11) is 1.56. The smallest absolute Gasteiger partial charge is 0.144 e. The molecule has 134 valence electrons. The van der Waals surface area contributed by atoms with Crippen molar-refractivity contribution in [1.82, 2.24) is 10.2 Å². The van der Waals surface area contributed by atoms with Crippen LogP contribution in [0.4, 0.5) is 10.1 Å². The summed E-state index contributed by atoms with van der Waals surface area (Å²) >= 11 is 0. The SMILES string of the molecule is COc1cc(F)ccc1NCCC1CN(Cc2ccccc2)CCN1. The summed E-state index contributed by atoms with van der Waals surface area (Å²) in [5.74, 6) is 0.259. The van der Waals surface area contributed by atoms with Crippen LogP contribution in [0.5, 0.6) is 5.75 Å². The third-order valence-corrected chi connectivity index (χ3v) is 4.56. The molecule has 0 amide bonds. The van der Waals surface area contributed by atoms with Crippen molar-refractivity contribution >= 4 is 5.69 Å². The molecular formula is C20H26FN3O. The molecule has 1 heterocycles. The van der Waals surface area contributed by atoms with Gasteiger partial charge in [0.2, 0.25) is 0 Å². The van der Waals surface area contributed by atoms with E-state index in [4.69, 9.17) is 4.74 Å². The molecule has 2 aromatic rings. The van der Waals surface area contributed by atoms with Crippen molar-refractivity contribution in [2.45, 2.75) is 19.0 Å². The van der Waals surface area contributed by atoms with E-state index in [9.17, 15) is 4.39 Å². The number of halogens is 1. The summed E-state index contributed by atoms with van der Waals surface area (Å²) in [6.45, 7) is 4.94. The summed E-state index contributed by atoms with van der Waals surface area (Å²) in [5.41, 5.74) is 2.19. The van der Waals surface area contributed by atoms with E-state index >= 15 is 0 Å². The van der Waals surface area contributed by atoms with Gasteiger partial charge in [-0.1, -0.05) is 30.3 Å². The molecule has 0 saturated carbocycles. The maximum absolute atomic E-state index is 13.2. The minimum absolute atomic E-state index is 0.284. The Balaban J connectivity index is 1.47. The summed E-state index contributed by atoms with van der Waals surface area (Å²) in [5, 5.41) is 6.94. The van der Waals surface area contributed by atoms with Crippen molar-refractivity contribution in [3.63, 3.8) is 0 Å². The normalized spacial score (nSPS) is 18.1. The van der Waals surface area contributed by atoms with Gasteiger partial charge in [-0.15, -0.1) is 0 Å². The zero-order valence-electron chi connectivity index (χ0n) is 14.7. The fourth-order valence-corrected chi connectivity index (χ4v) is 3.27. The predicted molar refractivity (Wildman–Crippen MR) is 99.6 cm³/mol. The van der Waals surface area contributed by atoms with E-state index < -0.39 is 0 Å². The first-order valence-corrected chi connectivity index (χ1v) is 8.81. The minimum atomic E-state index is -0.284. The van der Waals surface area contributed by atoms with Gasteiger partial charge in [-0.05, 0) is 24.1 Å². The largest absolute Gasteiger partial charge is 0.494 e. The van der Waals surface area contributed by atoms with Gasteiger partial charge in [-0.25, -0.2) is 4.39 Å². The van der Waals surface area contributed by atoms with Gasteiger partial charge >= 0.3 is 0 Å². The van der Waals surface area contributed by atoms with E-state index in [1.165, 1.54) is 17.7 Å². The molecule has 1 aliphatic rings. The molecule has 3 rings (SSSR count). The van der Waals surface area contributed by atoms with Crippen LogP contribution in [-0.4, -0.2) is 44.2 Å². The second kappa shape index (κ2) is 8.83. The molecule has 0 aromatic heterocycles. The van der Waals surface area contributed by atoms with Crippen LogP contribution in [0.1, 0.15) is 12.0 Å². The average molecular weight is 343 g/mol. The Labute approximate surface area is 149 Å². The predicted octanol–water partition coefficient (Wildman–Crippen LogP) is 3.11. The molecule has 1 aliphatic heterocycles. The standard InChI is InChI=1S/C20H26FN3O/c1-25-20-13-17(21)7-8-19(20)23-10-9-18-15-24(12-11-22-18)14-16-5-3-2-4-6-16/h2-8,13,18,22-23H,9-12,14-15H2,1H3. The number of benzene rings is 2. The molecular weight excluding hydrogens is 317 g/mol. The first-order chi connectivity index (χ1) is 12.2. The fourth-order valence-electron chi connectivity index (χ4n) is 3.27. The Morgan fingerprint density at radius 3 is 2.88 bits per heavy atom. The van der Waals surface area contributed by atoms with Crippen LogP contribution >= 0.6 is 0 Å². The van der Waals surface area contributed by atoms with Gasteiger partial charge in [-0.2, -0.15) is 0 Å². The highest BCUT2D eigenvalue weighted by Gasteiger charge is 2.19. The first-order valence-electron chi connectivity index (χ1n) is 8.81. The fraction of sp³-hybridized carbons (Fsp3) is 0.400. The van der Waals surface area contributed by atoms with Crippen molar-refractivity contribution in [3.8, 4) is 5.75 Å². The number of nitrogens with one attached hydrogen (secondary N) is 2. The van der Waals surface area contributed by atoms with Crippen LogP contribution in [0.2, 0.25) is 0 Å². The molecule has 2 aromatic carbocycles. The van der Waals surface area contributed by atoms with E-state index in [0.29, 0.717) is 11.8 Å². The van der Waals surface area contributed by atoms with Gasteiger partial charge in [-0.3, -0.25) is 4.90 Å². The van der Waals surface area contributed by atoms with Gasteiger partial charge in [0.25, 0.3) is 0 Å². The van der Waals surface area contributed by atoms with Crippen molar-refractivity contribution in [2.75, 3.05) is 38.6 Å². The Morgan fingerprint density at radius 1 is 1.24 bits per heavy atom. The summed E-state index contributed by atoms with van der Waals surface area (Å²) in [4.78, 5) is 2.50. The monoisotopic (exact) mass is 343 g/mol. The zero-order valence-corrected chi connectivity index (χ0v) is 14.7. The second-order valence-electron chi connectivity index (χ2n) is 6.43. The number of hydrogen-bond donors (Lipinski definition) is 2. The maximum atomic E-state index is 13.2. The Morgan fingerprint density at radius 2 is 2.08 bits per heavy atom. The number of rotatable bonds is 7. The molecule has 0 bridgehead atoms. The average Bonchev–Trinajstić information content (AvgIpc) is 2.64. The summed E-state index contributed by atoms with van der Waals surface area (Å²) in [6, 6.07) is 15.6. The number of nitrogens with zero attached hydrogens (tertiary/aromatic N) is 1. The van der Waals surface area contributed by atoms with Crippen LogP contribution in [0.15, 0.2) is 48.5 Å². The lowest BCUT2D eigenvalue weighted by molar-refractivity contribution is 0.189. The highest BCUT2D eigenvalue weighted by Crippen LogP contribution is 2.24. The van der Waals surface area contributed by atoms with E-state index in [0.717, 1.165) is 44.8 Å². The first kappa shape index (κ1) is 17.7.